The molecule has 1 fully saturated rings. The van der Waals surface area contributed by atoms with Crippen molar-refractivity contribution in [3.05, 3.63) is 16.1 Å². The van der Waals surface area contributed by atoms with E-state index < -0.39 is 5.97 Å². The summed E-state index contributed by atoms with van der Waals surface area (Å²) in [5.41, 5.74) is 0.875. The minimum Gasteiger partial charge on any atom is -0.476 e. The van der Waals surface area contributed by atoms with Crippen molar-refractivity contribution in [3.63, 3.8) is 0 Å². The molecular formula is C12H18N2O2S. The first-order valence-corrected chi connectivity index (χ1v) is 6.92. The third-order valence-electron chi connectivity index (χ3n) is 3.34. The van der Waals surface area contributed by atoms with Gasteiger partial charge in [0.25, 0.3) is 0 Å². The van der Waals surface area contributed by atoms with Gasteiger partial charge in [-0.2, -0.15) is 0 Å². The van der Waals surface area contributed by atoms with Gasteiger partial charge in [0.15, 0.2) is 0 Å². The average molecular weight is 254 g/mol. The van der Waals surface area contributed by atoms with Gasteiger partial charge in [-0.05, 0) is 19.9 Å². The number of aromatic carboxylic acids is 1. The standard InChI is InChI=1S/C12H18N2O2S/c1-14(10-5-3-2-4-6-10)7-9-8-17-11(13-9)12(15)16/h8,10H,2-7H2,1H3,(H,15,16). The molecule has 1 aliphatic rings. The summed E-state index contributed by atoms with van der Waals surface area (Å²) >= 11 is 1.21. The second-order valence-electron chi connectivity index (χ2n) is 4.66. The first-order chi connectivity index (χ1) is 8.16. The smallest absolute Gasteiger partial charge is 0.365 e. The van der Waals surface area contributed by atoms with E-state index in [4.69, 9.17) is 5.11 Å². The fourth-order valence-corrected chi connectivity index (χ4v) is 3.03. The van der Waals surface area contributed by atoms with Gasteiger partial charge in [-0.25, -0.2) is 9.78 Å². The number of rotatable bonds is 4. The molecule has 0 aliphatic heterocycles. The Morgan fingerprint density at radius 2 is 2.24 bits per heavy atom. The molecule has 1 N–H and O–H groups in total. The molecule has 1 aliphatic carbocycles. The van der Waals surface area contributed by atoms with Crippen LogP contribution in [0.15, 0.2) is 5.38 Å². The summed E-state index contributed by atoms with van der Waals surface area (Å²) in [4.78, 5) is 17.2. The van der Waals surface area contributed by atoms with Crippen molar-refractivity contribution < 1.29 is 9.90 Å². The number of hydrogen-bond acceptors (Lipinski definition) is 4. The van der Waals surface area contributed by atoms with Crippen LogP contribution in [-0.4, -0.2) is 34.0 Å². The molecule has 0 unspecified atom stereocenters. The molecule has 0 radical (unpaired) electrons. The lowest BCUT2D eigenvalue weighted by Gasteiger charge is -2.30. The predicted octanol–water partition coefficient (Wildman–Crippen LogP) is 2.61. The average Bonchev–Trinajstić information content (AvgIpc) is 2.79. The molecule has 1 aromatic rings. The number of hydrogen-bond donors (Lipinski definition) is 1. The van der Waals surface area contributed by atoms with E-state index in [0.29, 0.717) is 6.04 Å². The SMILES string of the molecule is CN(Cc1csc(C(=O)O)n1)C1CCCCC1. The van der Waals surface area contributed by atoms with Gasteiger partial charge < -0.3 is 5.11 Å². The summed E-state index contributed by atoms with van der Waals surface area (Å²) in [6.45, 7) is 0.758. The number of carboxylic acid groups (broad SMARTS) is 1. The lowest BCUT2D eigenvalue weighted by atomic mass is 9.94. The molecule has 1 heterocycles. The minimum absolute atomic E-state index is 0.192. The molecule has 4 nitrogen and oxygen atoms in total. The third kappa shape index (κ3) is 3.26. The van der Waals surface area contributed by atoms with Crippen LogP contribution in [0.4, 0.5) is 0 Å². The number of thiazole rings is 1. The molecule has 5 heteroatoms. The second kappa shape index (κ2) is 5.60. The zero-order chi connectivity index (χ0) is 12.3. The summed E-state index contributed by atoms with van der Waals surface area (Å²) in [6, 6.07) is 0.638. The molecule has 1 aromatic heterocycles. The quantitative estimate of drug-likeness (QED) is 0.897. The Morgan fingerprint density at radius 1 is 1.53 bits per heavy atom. The van der Waals surface area contributed by atoms with Crippen molar-refractivity contribution in [1.29, 1.82) is 0 Å². The first-order valence-electron chi connectivity index (χ1n) is 6.05. The number of aromatic nitrogens is 1. The number of nitrogens with zero attached hydrogens (tertiary/aromatic N) is 2. The summed E-state index contributed by atoms with van der Waals surface area (Å²) in [5, 5.41) is 10.9. The number of carboxylic acids is 1. The van der Waals surface area contributed by atoms with Gasteiger partial charge in [-0.15, -0.1) is 11.3 Å². The van der Waals surface area contributed by atoms with E-state index in [-0.39, 0.29) is 5.01 Å². The Balaban J connectivity index is 1.92. The number of carbonyl (C=O) groups is 1. The Labute approximate surface area is 105 Å². The maximum atomic E-state index is 10.7. The molecule has 0 amide bonds. The lowest BCUT2D eigenvalue weighted by Crippen LogP contribution is -2.32. The van der Waals surface area contributed by atoms with Crippen LogP contribution in [0.3, 0.4) is 0 Å². The van der Waals surface area contributed by atoms with Crippen molar-refractivity contribution >= 4 is 17.3 Å². The maximum Gasteiger partial charge on any atom is 0.365 e. The fraction of sp³-hybridized carbons (Fsp3) is 0.667. The topological polar surface area (TPSA) is 53.4 Å². The molecule has 94 valence electrons. The van der Waals surface area contributed by atoms with E-state index in [1.165, 1.54) is 43.4 Å². The van der Waals surface area contributed by atoms with Crippen LogP contribution >= 0.6 is 11.3 Å². The van der Waals surface area contributed by atoms with Gasteiger partial charge in [0, 0.05) is 18.0 Å². The Kier molecular flexibility index (Phi) is 4.12. The van der Waals surface area contributed by atoms with Gasteiger partial charge in [0.2, 0.25) is 5.01 Å². The van der Waals surface area contributed by atoms with Crippen LogP contribution < -0.4 is 0 Å². The van der Waals surface area contributed by atoms with Crippen LogP contribution in [0.5, 0.6) is 0 Å². The van der Waals surface area contributed by atoms with E-state index in [1.807, 2.05) is 5.38 Å². The molecule has 1 saturated carbocycles. The lowest BCUT2D eigenvalue weighted by molar-refractivity contribution is 0.0696. The van der Waals surface area contributed by atoms with E-state index in [1.54, 1.807) is 0 Å². The largest absolute Gasteiger partial charge is 0.476 e. The second-order valence-corrected chi connectivity index (χ2v) is 5.51. The molecule has 0 aromatic carbocycles. The van der Waals surface area contributed by atoms with Crippen molar-refractivity contribution in [2.75, 3.05) is 7.05 Å². The van der Waals surface area contributed by atoms with Gasteiger partial charge in [-0.3, -0.25) is 4.90 Å². The van der Waals surface area contributed by atoms with Crippen molar-refractivity contribution in [2.24, 2.45) is 0 Å². The normalized spacial score (nSPS) is 17.5. The fourth-order valence-electron chi connectivity index (χ4n) is 2.38. The highest BCUT2D eigenvalue weighted by atomic mass is 32.1. The van der Waals surface area contributed by atoms with Crippen LogP contribution in [0.1, 0.15) is 47.6 Å². The molecule has 0 bridgehead atoms. The molecule has 0 atom stereocenters. The van der Waals surface area contributed by atoms with Crippen molar-refractivity contribution in [3.8, 4) is 0 Å². The van der Waals surface area contributed by atoms with Crippen LogP contribution in [0.25, 0.3) is 0 Å². The highest BCUT2D eigenvalue weighted by molar-refractivity contribution is 7.11. The molecule has 17 heavy (non-hydrogen) atoms. The van der Waals surface area contributed by atoms with Crippen LogP contribution in [0, 0.1) is 0 Å². The summed E-state index contributed by atoms with van der Waals surface area (Å²) < 4.78 is 0. The summed E-state index contributed by atoms with van der Waals surface area (Å²) in [7, 11) is 2.11. The minimum atomic E-state index is -0.929. The molecule has 0 saturated heterocycles. The Hall–Kier alpha value is -0.940. The zero-order valence-electron chi connectivity index (χ0n) is 10.1. The summed E-state index contributed by atoms with van der Waals surface area (Å²) in [5.74, 6) is -0.929. The monoisotopic (exact) mass is 254 g/mol. The van der Waals surface area contributed by atoms with E-state index >= 15 is 0 Å². The van der Waals surface area contributed by atoms with Gasteiger partial charge in [0.05, 0.1) is 5.69 Å². The van der Waals surface area contributed by atoms with Crippen LogP contribution in [0.2, 0.25) is 0 Å². The maximum absolute atomic E-state index is 10.7. The van der Waals surface area contributed by atoms with E-state index in [0.717, 1.165) is 12.2 Å². The zero-order valence-corrected chi connectivity index (χ0v) is 10.9. The summed E-state index contributed by atoms with van der Waals surface area (Å²) in [6.07, 6.45) is 6.49. The van der Waals surface area contributed by atoms with Gasteiger partial charge >= 0.3 is 5.97 Å². The first kappa shape index (κ1) is 12.5. The predicted molar refractivity (Wildman–Crippen MR) is 67.4 cm³/mol. The van der Waals surface area contributed by atoms with Crippen molar-refractivity contribution in [1.82, 2.24) is 9.88 Å². The third-order valence-corrected chi connectivity index (χ3v) is 4.22. The van der Waals surface area contributed by atoms with Crippen LogP contribution in [-0.2, 0) is 6.54 Å². The van der Waals surface area contributed by atoms with E-state index in [2.05, 4.69) is 16.9 Å². The van der Waals surface area contributed by atoms with Gasteiger partial charge in [0.1, 0.15) is 0 Å². The van der Waals surface area contributed by atoms with Gasteiger partial charge in [-0.1, -0.05) is 19.3 Å². The molecule has 2 rings (SSSR count). The Morgan fingerprint density at radius 3 is 2.82 bits per heavy atom. The Bertz CT molecular complexity index is 386. The highest BCUT2D eigenvalue weighted by Gasteiger charge is 2.19. The molecule has 0 spiro atoms. The molecular weight excluding hydrogens is 236 g/mol. The van der Waals surface area contributed by atoms with E-state index in [9.17, 15) is 4.79 Å². The van der Waals surface area contributed by atoms with Crippen molar-refractivity contribution in [2.45, 2.75) is 44.7 Å². The highest BCUT2D eigenvalue weighted by Crippen LogP contribution is 2.23.